The van der Waals surface area contributed by atoms with Gasteiger partial charge in [-0.1, -0.05) is 27.5 Å². The number of benzene rings is 1. The number of aromatic nitrogens is 3. The maximum Gasteiger partial charge on any atom is 0.273 e. The van der Waals surface area contributed by atoms with E-state index >= 15 is 0 Å². The number of halogens is 2. The predicted octanol–water partition coefficient (Wildman–Crippen LogP) is 1.55. The fourth-order valence-corrected chi connectivity index (χ4v) is 2.68. The van der Waals surface area contributed by atoms with E-state index in [1.165, 1.54) is 11.6 Å². The molecule has 1 aromatic carbocycles. The largest absolute Gasteiger partial charge is 0.300 e. The molecule has 96 valence electrons. The highest BCUT2D eigenvalue weighted by molar-refractivity contribution is 9.10. The molecule has 0 unspecified atom stereocenters. The van der Waals surface area contributed by atoms with Crippen LogP contribution in [0.5, 0.6) is 0 Å². The van der Waals surface area contributed by atoms with Gasteiger partial charge in [-0.05, 0) is 18.2 Å². The second-order valence-corrected chi connectivity index (χ2v) is 6.28. The van der Waals surface area contributed by atoms with E-state index in [4.69, 9.17) is 16.7 Å². The lowest BCUT2D eigenvalue weighted by atomic mass is 10.2. The van der Waals surface area contributed by atoms with E-state index in [1.807, 2.05) is 0 Å². The van der Waals surface area contributed by atoms with Crippen LogP contribution in [0.2, 0.25) is 5.02 Å². The van der Waals surface area contributed by atoms with Gasteiger partial charge in [-0.2, -0.15) is 0 Å². The first-order chi connectivity index (χ1) is 8.30. The van der Waals surface area contributed by atoms with Crippen LogP contribution in [0, 0.1) is 0 Å². The van der Waals surface area contributed by atoms with Crippen LogP contribution in [0.4, 0.5) is 0 Å². The summed E-state index contributed by atoms with van der Waals surface area (Å²) in [6.45, 7) is 0. The Labute approximate surface area is 117 Å². The van der Waals surface area contributed by atoms with E-state index in [2.05, 4.69) is 26.1 Å². The zero-order chi connectivity index (χ0) is 13.5. The molecule has 0 amide bonds. The maximum atomic E-state index is 11.3. The van der Waals surface area contributed by atoms with Gasteiger partial charge < -0.3 is 0 Å². The number of hydrogen-bond donors (Lipinski definition) is 1. The van der Waals surface area contributed by atoms with Crippen molar-refractivity contribution in [2.75, 3.05) is 0 Å². The molecule has 0 radical (unpaired) electrons. The highest BCUT2D eigenvalue weighted by Gasteiger charge is 2.20. The van der Waals surface area contributed by atoms with Gasteiger partial charge in [-0.15, -0.1) is 10.2 Å². The van der Waals surface area contributed by atoms with Crippen LogP contribution in [-0.4, -0.2) is 23.2 Å². The van der Waals surface area contributed by atoms with Crippen molar-refractivity contribution >= 4 is 37.6 Å². The van der Waals surface area contributed by atoms with Crippen molar-refractivity contribution in [3.63, 3.8) is 0 Å². The molecule has 0 aliphatic heterocycles. The first-order valence-electron chi connectivity index (χ1n) is 4.68. The third-order valence-electron chi connectivity index (χ3n) is 2.26. The smallest absolute Gasteiger partial charge is 0.273 e. The third kappa shape index (κ3) is 2.41. The summed E-state index contributed by atoms with van der Waals surface area (Å²) >= 11 is 9.24. The van der Waals surface area contributed by atoms with Crippen LogP contribution in [-0.2, 0) is 17.1 Å². The van der Waals surface area contributed by atoms with Crippen molar-refractivity contribution in [2.45, 2.75) is 5.16 Å². The number of primary sulfonamides is 1. The summed E-state index contributed by atoms with van der Waals surface area (Å²) in [4.78, 5) is 0. The first-order valence-corrected chi connectivity index (χ1v) is 7.40. The summed E-state index contributed by atoms with van der Waals surface area (Å²) in [5.41, 5.74) is 0.632. The van der Waals surface area contributed by atoms with Gasteiger partial charge in [0.2, 0.25) is 0 Å². The van der Waals surface area contributed by atoms with Crippen molar-refractivity contribution in [2.24, 2.45) is 12.2 Å². The Hall–Kier alpha value is -0.960. The highest BCUT2D eigenvalue weighted by atomic mass is 79.9. The van der Waals surface area contributed by atoms with Crippen LogP contribution in [0.15, 0.2) is 27.8 Å². The number of nitrogens with zero attached hydrogens (tertiary/aromatic N) is 3. The van der Waals surface area contributed by atoms with Gasteiger partial charge in [0.1, 0.15) is 0 Å². The Balaban J connectivity index is 2.67. The number of hydrogen-bond acceptors (Lipinski definition) is 4. The predicted molar refractivity (Wildman–Crippen MR) is 70.5 cm³/mol. The summed E-state index contributed by atoms with van der Waals surface area (Å²) in [6, 6.07) is 5.09. The van der Waals surface area contributed by atoms with E-state index in [0.717, 1.165) is 4.47 Å². The monoisotopic (exact) mass is 350 g/mol. The standard InChI is InChI=1S/C9H8BrClN4O2S/c1-15-8(13-14-9(15)18(12,16)17)6-4-5(11)2-3-7(6)10/h2-4H,1H3,(H2,12,16,17). The minimum atomic E-state index is -3.90. The fraction of sp³-hybridized carbons (Fsp3) is 0.111. The number of sulfonamides is 1. The van der Waals surface area contributed by atoms with Crippen LogP contribution in [0.3, 0.4) is 0 Å². The number of rotatable bonds is 2. The minimum Gasteiger partial charge on any atom is -0.300 e. The van der Waals surface area contributed by atoms with Gasteiger partial charge in [0.05, 0.1) is 0 Å². The highest BCUT2D eigenvalue weighted by Crippen LogP contribution is 2.30. The molecule has 6 nitrogen and oxygen atoms in total. The molecular formula is C9H8BrClN4O2S. The summed E-state index contributed by atoms with van der Waals surface area (Å²) in [5, 5.41) is 12.6. The molecule has 0 saturated heterocycles. The van der Waals surface area contributed by atoms with Gasteiger partial charge in [-0.3, -0.25) is 4.57 Å². The molecule has 0 aliphatic rings. The van der Waals surface area contributed by atoms with E-state index in [9.17, 15) is 8.42 Å². The van der Waals surface area contributed by atoms with Gasteiger partial charge in [0, 0.05) is 22.1 Å². The lowest BCUT2D eigenvalue weighted by molar-refractivity contribution is 0.580. The molecule has 1 aromatic heterocycles. The van der Waals surface area contributed by atoms with Crippen LogP contribution in [0.25, 0.3) is 11.4 Å². The normalized spacial score (nSPS) is 11.8. The van der Waals surface area contributed by atoms with E-state index in [-0.39, 0.29) is 5.16 Å². The molecule has 1 heterocycles. The molecule has 0 bridgehead atoms. The third-order valence-corrected chi connectivity index (χ3v) is 4.05. The van der Waals surface area contributed by atoms with Crippen molar-refractivity contribution in [1.82, 2.24) is 14.8 Å². The fourth-order valence-electron chi connectivity index (χ4n) is 1.47. The van der Waals surface area contributed by atoms with Crippen molar-refractivity contribution in [3.8, 4) is 11.4 Å². The Morgan fingerprint density at radius 3 is 2.61 bits per heavy atom. The summed E-state index contributed by atoms with van der Waals surface area (Å²) in [5.74, 6) is 0.355. The van der Waals surface area contributed by atoms with Crippen LogP contribution < -0.4 is 5.14 Å². The van der Waals surface area contributed by atoms with Gasteiger partial charge in [-0.25, -0.2) is 13.6 Å². The quantitative estimate of drug-likeness (QED) is 0.888. The molecule has 2 aromatic rings. The lowest BCUT2D eigenvalue weighted by Gasteiger charge is -2.05. The summed E-state index contributed by atoms with van der Waals surface area (Å²) in [6.07, 6.45) is 0. The first kappa shape index (κ1) is 13.5. The second-order valence-electron chi connectivity index (χ2n) is 3.53. The van der Waals surface area contributed by atoms with Gasteiger partial charge >= 0.3 is 0 Å². The maximum absolute atomic E-state index is 11.3. The van der Waals surface area contributed by atoms with Crippen molar-refractivity contribution in [3.05, 3.63) is 27.7 Å². The van der Waals surface area contributed by atoms with E-state index < -0.39 is 10.0 Å². The molecular weight excluding hydrogens is 344 g/mol. The molecule has 0 fully saturated rings. The topological polar surface area (TPSA) is 90.9 Å². The Bertz CT molecular complexity index is 713. The lowest BCUT2D eigenvalue weighted by Crippen LogP contribution is -2.17. The SMILES string of the molecule is Cn1c(-c2cc(Cl)ccc2Br)nnc1S(N)(=O)=O. The van der Waals surface area contributed by atoms with Crippen LogP contribution in [0.1, 0.15) is 0 Å². The Kier molecular flexibility index (Phi) is 3.45. The van der Waals surface area contributed by atoms with Gasteiger partial charge in [0.15, 0.2) is 5.82 Å². The van der Waals surface area contributed by atoms with Crippen molar-refractivity contribution in [1.29, 1.82) is 0 Å². The van der Waals surface area contributed by atoms with E-state index in [1.54, 1.807) is 18.2 Å². The molecule has 2 rings (SSSR count). The molecule has 0 spiro atoms. The summed E-state index contributed by atoms with van der Waals surface area (Å²) < 4.78 is 24.6. The Morgan fingerprint density at radius 1 is 1.39 bits per heavy atom. The molecule has 0 aliphatic carbocycles. The molecule has 2 N–H and O–H groups in total. The van der Waals surface area contributed by atoms with Crippen molar-refractivity contribution < 1.29 is 8.42 Å². The molecule has 0 atom stereocenters. The molecule has 18 heavy (non-hydrogen) atoms. The summed E-state index contributed by atoms with van der Waals surface area (Å²) in [7, 11) is -2.39. The van der Waals surface area contributed by atoms with Crippen LogP contribution >= 0.6 is 27.5 Å². The average molecular weight is 352 g/mol. The average Bonchev–Trinajstić information content (AvgIpc) is 2.63. The zero-order valence-electron chi connectivity index (χ0n) is 9.13. The number of nitrogens with two attached hydrogens (primary N) is 1. The van der Waals surface area contributed by atoms with Gasteiger partial charge in [0.25, 0.3) is 15.2 Å². The van der Waals surface area contributed by atoms with E-state index in [0.29, 0.717) is 16.4 Å². The second kappa shape index (κ2) is 4.61. The molecule has 9 heteroatoms. The zero-order valence-corrected chi connectivity index (χ0v) is 12.3. The Morgan fingerprint density at radius 2 is 2.06 bits per heavy atom. The minimum absolute atomic E-state index is 0.302. The molecule has 0 saturated carbocycles.